The Morgan fingerprint density at radius 2 is 1.81 bits per heavy atom. The van der Waals surface area contributed by atoms with Gasteiger partial charge in [-0.05, 0) is 29.8 Å². The molecule has 0 radical (unpaired) electrons. The second-order valence-electron chi connectivity index (χ2n) is 4.80. The van der Waals surface area contributed by atoms with Crippen LogP contribution < -0.4 is 5.43 Å². The summed E-state index contributed by atoms with van der Waals surface area (Å²) in [5, 5.41) is 1.38. The van der Waals surface area contributed by atoms with E-state index in [2.05, 4.69) is 10.4 Å². The molecule has 3 rings (SSSR count). The maximum Gasteiger partial charge on any atom is 0.271 e. The van der Waals surface area contributed by atoms with Crippen LogP contribution in [0.1, 0.15) is 5.56 Å². The van der Waals surface area contributed by atoms with Crippen LogP contribution in [0.25, 0.3) is 0 Å². The molecule has 4 nitrogen and oxygen atoms in total. The van der Waals surface area contributed by atoms with E-state index >= 15 is 0 Å². The molecule has 106 valence electrons. The molecule has 0 bridgehead atoms. The first-order valence-corrected chi connectivity index (χ1v) is 6.65. The molecular formula is C16H14FN3O. The van der Waals surface area contributed by atoms with Gasteiger partial charge in [-0.15, -0.1) is 0 Å². The fraction of sp³-hybridized carbons (Fsp3) is 0.125. The van der Waals surface area contributed by atoms with Gasteiger partial charge in [-0.3, -0.25) is 15.2 Å². The van der Waals surface area contributed by atoms with Crippen LogP contribution >= 0.6 is 0 Å². The molecule has 0 saturated carbocycles. The number of halogens is 1. The van der Waals surface area contributed by atoms with E-state index in [4.69, 9.17) is 0 Å². The minimum atomic E-state index is -0.466. The van der Waals surface area contributed by atoms with E-state index in [1.54, 1.807) is 12.1 Å². The lowest BCUT2D eigenvalue weighted by atomic mass is 10.1. The van der Waals surface area contributed by atoms with Crippen LogP contribution in [0.3, 0.4) is 0 Å². The smallest absolute Gasteiger partial charge is 0.271 e. The van der Waals surface area contributed by atoms with Gasteiger partial charge in [0.25, 0.3) is 5.91 Å². The Balaban J connectivity index is 1.64. The number of hydrogen-bond donors (Lipinski definition) is 1. The Hall–Kier alpha value is -2.69. The van der Waals surface area contributed by atoms with Crippen molar-refractivity contribution in [3.05, 3.63) is 66.0 Å². The van der Waals surface area contributed by atoms with E-state index in [0.29, 0.717) is 6.42 Å². The zero-order chi connectivity index (χ0) is 14.7. The second-order valence-corrected chi connectivity index (χ2v) is 4.80. The number of anilines is 1. The number of hydrazine groups is 1. The van der Waals surface area contributed by atoms with Crippen LogP contribution in [0.2, 0.25) is 0 Å². The maximum atomic E-state index is 12.9. The van der Waals surface area contributed by atoms with Crippen molar-refractivity contribution in [3.63, 3.8) is 0 Å². The van der Waals surface area contributed by atoms with Gasteiger partial charge in [-0.1, -0.05) is 30.3 Å². The van der Waals surface area contributed by atoms with Crippen LogP contribution in [0, 0.1) is 5.82 Å². The van der Waals surface area contributed by atoms with Gasteiger partial charge in [-0.25, -0.2) is 9.40 Å². The number of rotatable bonds is 4. The van der Waals surface area contributed by atoms with Crippen LogP contribution in [-0.4, -0.2) is 23.3 Å². The minimum absolute atomic E-state index is 0.122. The normalized spacial score (nSPS) is 17.3. The third kappa shape index (κ3) is 3.08. The summed E-state index contributed by atoms with van der Waals surface area (Å²) in [6.07, 6.45) is 1.95. The fourth-order valence-corrected chi connectivity index (χ4v) is 2.15. The molecule has 1 atom stereocenters. The number of carbonyl (C=O) groups excluding carboxylic acids is 1. The molecule has 0 unspecified atom stereocenters. The van der Waals surface area contributed by atoms with Gasteiger partial charge in [0.15, 0.2) is 0 Å². The maximum absolute atomic E-state index is 12.9. The number of aliphatic imine (C=N–C) groups is 1. The van der Waals surface area contributed by atoms with Gasteiger partial charge in [0, 0.05) is 6.42 Å². The van der Waals surface area contributed by atoms with Crippen molar-refractivity contribution in [2.24, 2.45) is 4.99 Å². The SMILES string of the molecule is O=C1[C@H](Cc2ccc(F)cc2)N=CN1Nc1ccccc1. The molecular weight excluding hydrogens is 269 g/mol. The number of para-hydroxylation sites is 1. The van der Waals surface area contributed by atoms with Crippen molar-refractivity contribution < 1.29 is 9.18 Å². The first-order valence-electron chi connectivity index (χ1n) is 6.65. The quantitative estimate of drug-likeness (QED) is 0.937. The van der Waals surface area contributed by atoms with E-state index in [1.165, 1.54) is 23.5 Å². The molecule has 2 aromatic rings. The highest BCUT2D eigenvalue weighted by Gasteiger charge is 2.28. The zero-order valence-corrected chi connectivity index (χ0v) is 11.2. The number of amides is 1. The van der Waals surface area contributed by atoms with Gasteiger partial charge in [-0.2, -0.15) is 0 Å². The summed E-state index contributed by atoms with van der Waals surface area (Å²) in [4.78, 5) is 16.5. The van der Waals surface area contributed by atoms with Crippen molar-refractivity contribution in [3.8, 4) is 0 Å². The van der Waals surface area contributed by atoms with E-state index in [0.717, 1.165) is 11.3 Å². The Kier molecular flexibility index (Phi) is 3.64. The lowest BCUT2D eigenvalue weighted by Crippen LogP contribution is -2.36. The number of nitrogens with one attached hydrogen (secondary N) is 1. The van der Waals surface area contributed by atoms with E-state index < -0.39 is 6.04 Å². The summed E-state index contributed by atoms with van der Waals surface area (Å²) in [7, 11) is 0. The van der Waals surface area contributed by atoms with Gasteiger partial charge in [0.1, 0.15) is 18.2 Å². The van der Waals surface area contributed by atoms with E-state index in [1.807, 2.05) is 30.3 Å². The molecule has 1 aliphatic rings. The van der Waals surface area contributed by atoms with Gasteiger partial charge in [0.2, 0.25) is 0 Å². The van der Waals surface area contributed by atoms with E-state index in [9.17, 15) is 9.18 Å². The number of nitrogens with zero attached hydrogens (tertiary/aromatic N) is 2. The molecule has 0 spiro atoms. The second kappa shape index (κ2) is 5.75. The molecule has 2 aromatic carbocycles. The van der Waals surface area contributed by atoms with E-state index in [-0.39, 0.29) is 11.7 Å². The van der Waals surface area contributed by atoms with Crippen molar-refractivity contribution in [1.29, 1.82) is 0 Å². The van der Waals surface area contributed by atoms with Crippen molar-refractivity contribution in [2.45, 2.75) is 12.5 Å². The Morgan fingerprint density at radius 3 is 2.52 bits per heavy atom. The summed E-state index contributed by atoms with van der Waals surface area (Å²) in [6.45, 7) is 0. The van der Waals surface area contributed by atoms with Crippen LogP contribution in [0.15, 0.2) is 59.6 Å². The molecule has 0 saturated heterocycles. The first-order chi connectivity index (χ1) is 10.2. The molecule has 0 aromatic heterocycles. The molecule has 1 heterocycles. The Morgan fingerprint density at radius 1 is 1.10 bits per heavy atom. The van der Waals surface area contributed by atoms with Crippen LogP contribution in [-0.2, 0) is 11.2 Å². The third-order valence-electron chi connectivity index (χ3n) is 3.25. The minimum Gasteiger partial charge on any atom is -0.290 e. The summed E-state index contributed by atoms with van der Waals surface area (Å²) >= 11 is 0. The number of benzene rings is 2. The van der Waals surface area contributed by atoms with Crippen molar-refractivity contribution in [1.82, 2.24) is 5.01 Å². The zero-order valence-electron chi connectivity index (χ0n) is 11.2. The molecule has 1 amide bonds. The predicted octanol–water partition coefficient (Wildman–Crippen LogP) is 2.63. The van der Waals surface area contributed by atoms with Crippen molar-refractivity contribution in [2.75, 3.05) is 5.43 Å². The van der Waals surface area contributed by atoms with Gasteiger partial charge >= 0.3 is 0 Å². The van der Waals surface area contributed by atoms with Gasteiger partial charge < -0.3 is 0 Å². The molecule has 21 heavy (non-hydrogen) atoms. The molecule has 1 aliphatic heterocycles. The summed E-state index contributed by atoms with van der Waals surface area (Å²) in [6, 6.07) is 15.1. The van der Waals surface area contributed by atoms with Crippen LogP contribution in [0.4, 0.5) is 10.1 Å². The molecule has 0 aliphatic carbocycles. The Labute approximate surface area is 121 Å². The predicted molar refractivity (Wildman–Crippen MR) is 79.3 cm³/mol. The number of carbonyl (C=O) groups is 1. The topological polar surface area (TPSA) is 44.7 Å². The number of hydrogen-bond acceptors (Lipinski definition) is 3. The van der Waals surface area contributed by atoms with Crippen molar-refractivity contribution >= 4 is 17.9 Å². The largest absolute Gasteiger partial charge is 0.290 e. The fourth-order valence-electron chi connectivity index (χ4n) is 2.15. The third-order valence-corrected chi connectivity index (χ3v) is 3.25. The monoisotopic (exact) mass is 283 g/mol. The van der Waals surface area contributed by atoms with Gasteiger partial charge in [0.05, 0.1) is 5.69 Å². The summed E-state index contributed by atoms with van der Waals surface area (Å²) in [5.41, 5.74) is 4.69. The first kappa shape index (κ1) is 13.3. The molecule has 0 fully saturated rings. The lowest BCUT2D eigenvalue weighted by Gasteiger charge is -2.16. The highest BCUT2D eigenvalue weighted by molar-refractivity contribution is 5.97. The summed E-state index contributed by atoms with van der Waals surface area (Å²) < 4.78 is 12.9. The summed E-state index contributed by atoms with van der Waals surface area (Å²) in [5.74, 6) is -0.407. The average molecular weight is 283 g/mol. The average Bonchev–Trinajstić information content (AvgIpc) is 2.84. The highest BCUT2D eigenvalue weighted by Crippen LogP contribution is 2.15. The standard InChI is InChI=1S/C16H14FN3O/c17-13-8-6-12(7-9-13)10-15-16(21)20(11-18-15)19-14-4-2-1-3-5-14/h1-9,11,15,19H,10H2/t15-/m0/s1. The van der Waals surface area contributed by atoms with Crippen LogP contribution in [0.5, 0.6) is 0 Å². The lowest BCUT2D eigenvalue weighted by molar-refractivity contribution is -0.126. The highest BCUT2D eigenvalue weighted by atomic mass is 19.1. The Bertz CT molecular complexity index is 655. The molecule has 1 N–H and O–H groups in total. The molecule has 5 heteroatoms.